The summed E-state index contributed by atoms with van der Waals surface area (Å²) < 4.78 is 0. The molecule has 0 aliphatic carbocycles. The van der Waals surface area contributed by atoms with Crippen LogP contribution in [0.15, 0.2) is 0 Å². The maximum Gasteiger partial charge on any atom is 0.311 e. The van der Waals surface area contributed by atoms with E-state index in [1.165, 1.54) is 12.8 Å². The monoisotopic (exact) mass is 285 g/mol. The lowest BCUT2D eigenvalue weighted by Crippen LogP contribution is -2.06. The first kappa shape index (κ1) is 15.7. The number of aromatic nitrogens is 1. The maximum absolute atomic E-state index is 11.1. The predicted octanol–water partition coefficient (Wildman–Crippen LogP) is 4.05. The number of aryl methyl sites for hydroxylation is 1. The van der Waals surface area contributed by atoms with Crippen molar-refractivity contribution in [3.63, 3.8) is 0 Å². The molecule has 1 rings (SSSR count). The molecule has 1 heterocycles. The molecule has 6 heteroatoms. The van der Waals surface area contributed by atoms with Crippen LogP contribution in [0.5, 0.6) is 0 Å². The Balaban J connectivity index is 2.88. The average molecular weight is 286 g/mol. The summed E-state index contributed by atoms with van der Waals surface area (Å²) in [7, 11) is 0. The van der Waals surface area contributed by atoms with E-state index < -0.39 is 4.92 Å². The van der Waals surface area contributed by atoms with E-state index in [1.807, 2.05) is 0 Å². The Hall–Kier alpha value is -1.36. The molecule has 0 radical (unpaired) electrons. The summed E-state index contributed by atoms with van der Waals surface area (Å²) in [6.45, 7) is 3.86. The Morgan fingerprint density at radius 1 is 1.32 bits per heavy atom. The third kappa shape index (κ3) is 4.06. The van der Waals surface area contributed by atoms with Gasteiger partial charge in [-0.2, -0.15) is 0 Å². The highest BCUT2D eigenvalue weighted by atomic mass is 35.5. The third-order valence-electron chi connectivity index (χ3n) is 3.17. The van der Waals surface area contributed by atoms with Gasteiger partial charge in [-0.05, 0) is 19.8 Å². The zero-order valence-corrected chi connectivity index (χ0v) is 12.2. The second-order valence-electron chi connectivity index (χ2n) is 4.65. The molecule has 19 heavy (non-hydrogen) atoms. The number of nitrogens with zero attached hydrogens (tertiary/aromatic N) is 2. The van der Waals surface area contributed by atoms with Crippen LogP contribution in [0.1, 0.15) is 50.3 Å². The van der Waals surface area contributed by atoms with Gasteiger partial charge in [-0.3, -0.25) is 10.1 Å². The van der Waals surface area contributed by atoms with Gasteiger partial charge in [0.15, 0.2) is 0 Å². The van der Waals surface area contributed by atoms with E-state index in [2.05, 4.69) is 11.9 Å². The zero-order valence-electron chi connectivity index (χ0n) is 11.4. The fraction of sp³-hybridized carbons (Fsp3) is 0.615. The molecule has 106 valence electrons. The Morgan fingerprint density at radius 3 is 2.53 bits per heavy atom. The van der Waals surface area contributed by atoms with Crippen molar-refractivity contribution in [2.24, 2.45) is 0 Å². The lowest BCUT2D eigenvalue weighted by Gasteiger charge is -2.10. The van der Waals surface area contributed by atoms with Crippen LogP contribution in [0.4, 0.5) is 11.4 Å². The number of unbranched alkanes of at least 4 members (excludes halogenated alkanes) is 4. The Bertz CT molecular complexity index is 464. The molecule has 0 bridgehead atoms. The normalized spacial score (nSPS) is 10.7. The number of nitrogen functional groups attached to an aromatic ring is 1. The molecule has 5 nitrogen and oxygen atoms in total. The van der Waals surface area contributed by atoms with Crippen molar-refractivity contribution in [1.29, 1.82) is 0 Å². The number of rotatable bonds is 7. The first-order valence-electron chi connectivity index (χ1n) is 6.57. The highest BCUT2D eigenvalue weighted by Crippen LogP contribution is 2.33. The molecule has 2 N–H and O–H groups in total. The Labute approximate surface area is 118 Å². The minimum Gasteiger partial charge on any atom is -0.397 e. The summed E-state index contributed by atoms with van der Waals surface area (Å²) in [6, 6.07) is 0. The highest BCUT2D eigenvalue weighted by molar-refractivity contribution is 6.31. The summed E-state index contributed by atoms with van der Waals surface area (Å²) in [4.78, 5) is 14.5. The molecule has 0 saturated carbocycles. The van der Waals surface area contributed by atoms with E-state index >= 15 is 0 Å². The molecule has 0 aliphatic rings. The van der Waals surface area contributed by atoms with E-state index in [0.717, 1.165) is 19.3 Å². The van der Waals surface area contributed by atoms with Crippen molar-refractivity contribution in [3.05, 3.63) is 26.5 Å². The fourth-order valence-electron chi connectivity index (χ4n) is 2.07. The minimum atomic E-state index is -0.494. The predicted molar refractivity (Wildman–Crippen MR) is 77.5 cm³/mol. The van der Waals surface area contributed by atoms with Crippen molar-refractivity contribution in [2.45, 2.75) is 52.4 Å². The summed E-state index contributed by atoms with van der Waals surface area (Å²) in [6.07, 6.45) is 6.00. The second-order valence-corrected chi connectivity index (χ2v) is 5.01. The van der Waals surface area contributed by atoms with Gasteiger partial charge < -0.3 is 5.73 Å². The molecule has 1 aromatic rings. The van der Waals surface area contributed by atoms with Gasteiger partial charge >= 0.3 is 5.69 Å². The zero-order chi connectivity index (χ0) is 14.4. The number of hydrogen-bond acceptors (Lipinski definition) is 4. The fourth-order valence-corrected chi connectivity index (χ4v) is 2.38. The molecule has 0 unspecified atom stereocenters. The van der Waals surface area contributed by atoms with Crippen LogP contribution in [0.25, 0.3) is 0 Å². The largest absolute Gasteiger partial charge is 0.397 e. The van der Waals surface area contributed by atoms with Crippen molar-refractivity contribution in [3.8, 4) is 0 Å². The van der Waals surface area contributed by atoms with Crippen LogP contribution in [-0.2, 0) is 6.42 Å². The van der Waals surface area contributed by atoms with Crippen molar-refractivity contribution in [1.82, 2.24) is 4.98 Å². The quantitative estimate of drug-likeness (QED) is 0.355. The number of anilines is 1. The minimum absolute atomic E-state index is 0.0692. The lowest BCUT2D eigenvalue weighted by molar-refractivity contribution is -0.385. The maximum atomic E-state index is 11.1. The molecule has 0 atom stereocenters. The van der Waals surface area contributed by atoms with Gasteiger partial charge in [0, 0.05) is 0 Å². The number of hydrogen-bond donors (Lipinski definition) is 1. The Morgan fingerprint density at radius 2 is 1.95 bits per heavy atom. The number of pyridine rings is 1. The number of halogens is 1. The van der Waals surface area contributed by atoms with E-state index in [1.54, 1.807) is 6.92 Å². The van der Waals surface area contributed by atoms with E-state index in [0.29, 0.717) is 23.4 Å². The Kier molecular flexibility index (Phi) is 6.02. The lowest BCUT2D eigenvalue weighted by atomic mass is 10.0. The molecule has 1 aromatic heterocycles. The topological polar surface area (TPSA) is 82.0 Å². The van der Waals surface area contributed by atoms with Gasteiger partial charge in [-0.15, -0.1) is 0 Å². The first-order chi connectivity index (χ1) is 8.99. The summed E-state index contributed by atoms with van der Waals surface area (Å²) in [5.41, 5.74) is 7.24. The van der Waals surface area contributed by atoms with Gasteiger partial charge in [0.1, 0.15) is 0 Å². The second kappa shape index (κ2) is 7.28. The molecule has 0 spiro atoms. The third-order valence-corrected chi connectivity index (χ3v) is 3.44. The molecule has 0 saturated heterocycles. The summed E-state index contributed by atoms with van der Waals surface area (Å²) in [5, 5.41) is 11.0. The van der Waals surface area contributed by atoms with Gasteiger partial charge in [0.05, 0.1) is 21.9 Å². The van der Waals surface area contributed by atoms with Gasteiger partial charge in [0.2, 0.25) is 5.15 Å². The van der Waals surface area contributed by atoms with Crippen LogP contribution in [0.2, 0.25) is 5.15 Å². The van der Waals surface area contributed by atoms with Crippen LogP contribution in [-0.4, -0.2) is 9.91 Å². The van der Waals surface area contributed by atoms with Gasteiger partial charge in [0.25, 0.3) is 0 Å². The number of nitrogens with two attached hydrogens (primary N) is 1. The van der Waals surface area contributed by atoms with E-state index in [-0.39, 0.29) is 10.8 Å². The van der Waals surface area contributed by atoms with Gasteiger partial charge in [-0.1, -0.05) is 44.2 Å². The molecule has 0 amide bonds. The molecule has 0 aromatic carbocycles. The first-order valence-corrected chi connectivity index (χ1v) is 6.95. The molecule has 0 aliphatic heterocycles. The number of nitro groups is 1. The smallest absolute Gasteiger partial charge is 0.311 e. The van der Waals surface area contributed by atoms with Crippen LogP contribution in [0, 0.1) is 17.0 Å². The van der Waals surface area contributed by atoms with E-state index in [9.17, 15) is 10.1 Å². The summed E-state index contributed by atoms with van der Waals surface area (Å²) in [5.74, 6) is 0. The summed E-state index contributed by atoms with van der Waals surface area (Å²) >= 11 is 5.86. The van der Waals surface area contributed by atoms with Gasteiger partial charge in [-0.25, -0.2) is 4.98 Å². The van der Waals surface area contributed by atoms with Crippen molar-refractivity contribution in [2.75, 3.05) is 5.73 Å². The van der Waals surface area contributed by atoms with Crippen LogP contribution < -0.4 is 5.73 Å². The van der Waals surface area contributed by atoms with Crippen LogP contribution in [0.3, 0.4) is 0 Å². The van der Waals surface area contributed by atoms with Crippen molar-refractivity contribution < 1.29 is 4.92 Å². The van der Waals surface area contributed by atoms with Crippen LogP contribution >= 0.6 is 11.6 Å². The molecule has 0 fully saturated rings. The standard InChI is InChI=1S/C13H20ClN3O2/c1-3-4-5-6-7-8-10-11(15)9(2)16-13(14)12(10)17(18)19/h3-8,15H2,1-2H3. The highest BCUT2D eigenvalue weighted by Gasteiger charge is 2.24. The average Bonchev–Trinajstić information content (AvgIpc) is 2.34. The molecular formula is C13H20ClN3O2. The SMILES string of the molecule is CCCCCCCc1c(N)c(C)nc(Cl)c1[N+](=O)[O-]. The molecular weight excluding hydrogens is 266 g/mol. The van der Waals surface area contributed by atoms with E-state index in [4.69, 9.17) is 17.3 Å². The van der Waals surface area contributed by atoms with Crippen molar-refractivity contribution >= 4 is 23.0 Å².